The van der Waals surface area contributed by atoms with Gasteiger partial charge in [0, 0.05) is 0 Å². The molecule has 0 fully saturated rings. The number of carboxylic acids is 2. The van der Waals surface area contributed by atoms with Crippen LogP contribution in [0.5, 0.6) is 0 Å². The molecule has 0 aliphatic heterocycles. The summed E-state index contributed by atoms with van der Waals surface area (Å²) in [5.41, 5.74) is 0. The molecule has 0 rings (SSSR count). The Bertz CT molecular complexity index is 442. The average Bonchev–Trinajstić information content (AvgIpc) is 2.25. The van der Waals surface area contributed by atoms with Crippen LogP contribution in [0, 0.1) is 0 Å². The van der Waals surface area contributed by atoms with Crippen LogP contribution >= 0.6 is 0 Å². The summed E-state index contributed by atoms with van der Waals surface area (Å²) in [4.78, 5) is 37.5. The van der Waals surface area contributed by atoms with Gasteiger partial charge in [-0.3, -0.25) is 9.59 Å². The largest absolute Gasteiger partial charge is 2.00 e. The molecule has 0 spiro atoms. The molecule has 0 heterocycles. The average molecular weight is 439 g/mol. The van der Waals surface area contributed by atoms with Crippen LogP contribution < -0.4 is 10.2 Å². The molecular formula is C9H5F9NiO6. The third-order valence-electron chi connectivity index (χ3n) is 1.19. The SMILES string of the molecule is CC(=O)CC(=O)C(F)(F)F.O=C([O-])C(F)(F)F.O=C([O-])C(F)(F)F.[Ni+2]. The van der Waals surface area contributed by atoms with Gasteiger partial charge in [-0.25, -0.2) is 0 Å². The van der Waals surface area contributed by atoms with Gasteiger partial charge in [0.15, 0.2) is 0 Å². The van der Waals surface area contributed by atoms with Crippen molar-refractivity contribution in [1.82, 2.24) is 0 Å². The second kappa shape index (κ2) is 11.7. The predicted molar refractivity (Wildman–Crippen MR) is 48.5 cm³/mol. The number of hydrogen-bond donors (Lipinski definition) is 0. The second-order valence-electron chi connectivity index (χ2n) is 3.37. The molecule has 0 bridgehead atoms. The minimum Gasteiger partial charge on any atom is -0.542 e. The van der Waals surface area contributed by atoms with E-state index in [2.05, 4.69) is 0 Å². The Morgan fingerprint density at radius 2 is 0.880 bits per heavy atom. The third-order valence-corrected chi connectivity index (χ3v) is 1.19. The van der Waals surface area contributed by atoms with E-state index in [4.69, 9.17) is 19.8 Å². The van der Waals surface area contributed by atoms with Crippen LogP contribution in [0.1, 0.15) is 13.3 Å². The summed E-state index contributed by atoms with van der Waals surface area (Å²) in [6.45, 7) is 0.934. The zero-order valence-electron chi connectivity index (χ0n) is 11.4. The Labute approximate surface area is 141 Å². The number of carbonyl (C=O) groups excluding carboxylic acids is 4. The molecule has 0 radical (unpaired) electrons. The first kappa shape index (κ1) is 31.0. The van der Waals surface area contributed by atoms with Gasteiger partial charge in [0.1, 0.15) is 17.7 Å². The molecule has 6 nitrogen and oxygen atoms in total. The molecule has 25 heavy (non-hydrogen) atoms. The Balaban J connectivity index is -0.000000133. The van der Waals surface area contributed by atoms with Crippen LogP contribution in [-0.4, -0.2) is 42.0 Å². The topological polar surface area (TPSA) is 114 Å². The molecule has 0 aromatic carbocycles. The van der Waals surface area contributed by atoms with Gasteiger partial charge in [-0.2, -0.15) is 39.5 Å². The van der Waals surface area contributed by atoms with E-state index in [0.29, 0.717) is 0 Å². The summed E-state index contributed by atoms with van der Waals surface area (Å²) >= 11 is 0. The Morgan fingerprint density at radius 3 is 0.920 bits per heavy atom. The first-order valence-electron chi connectivity index (χ1n) is 4.88. The fraction of sp³-hybridized carbons (Fsp3) is 0.556. The summed E-state index contributed by atoms with van der Waals surface area (Å²) in [7, 11) is 0. The van der Waals surface area contributed by atoms with Gasteiger partial charge in [0.2, 0.25) is 5.78 Å². The molecule has 16 heteroatoms. The van der Waals surface area contributed by atoms with E-state index in [1.54, 1.807) is 0 Å². The number of rotatable bonds is 2. The van der Waals surface area contributed by atoms with E-state index < -0.39 is 48.5 Å². The maximum absolute atomic E-state index is 11.3. The number of hydrogen-bond acceptors (Lipinski definition) is 6. The van der Waals surface area contributed by atoms with Crippen LogP contribution in [0.3, 0.4) is 0 Å². The monoisotopic (exact) mass is 438 g/mol. The first-order chi connectivity index (χ1) is 10.2. The van der Waals surface area contributed by atoms with Crippen molar-refractivity contribution in [1.29, 1.82) is 0 Å². The molecule has 0 N–H and O–H groups in total. The molecule has 0 saturated carbocycles. The van der Waals surface area contributed by atoms with Crippen molar-refractivity contribution in [2.45, 2.75) is 31.9 Å². The maximum Gasteiger partial charge on any atom is 2.00 e. The maximum atomic E-state index is 11.3. The summed E-state index contributed by atoms with van der Waals surface area (Å²) in [6.07, 6.45) is -16.3. The van der Waals surface area contributed by atoms with Gasteiger partial charge in [-0.15, -0.1) is 0 Å². The molecule has 150 valence electrons. The number of aliphatic carboxylic acids is 2. The number of ketones is 2. The van der Waals surface area contributed by atoms with Crippen molar-refractivity contribution >= 4 is 23.5 Å². The molecular weight excluding hydrogens is 434 g/mol. The van der Waals surface area contributed by atoms with Crippen LogP contribution in [-0.2, 0) is 35.7 Å². The first-order valence-corrected chi connectivity index (χ1v) is 4.88. The molecule has 0 atom stereocenters. The number of halogens is 9. The quantitative estimate of drug-likeness (QED) is 0.332. The summed E-state index contributed by atoms with van der Waals surface area (Å²) in [5.74, 6) is -8.78. The Kier molecular flexibility index (Phi) is 14.4. The number of carbonyl (C=O) groups is 4. The van der Waals surface area contributed by atoms with E-state index in [0.717, 1.165) is 6.92 Å². The van der Waals surface area contributed by atoms with Crippen molar-refractivity contribution in [3.8, 4) is 0 Å². The molecule has 0 aliphatic carbocycles. The molecule has 0 aromatic heterocycles. The van der Waals surface area contributed by atoms with E-state index in [1.807, 2.05) is 0 Å². The smallest absolute Gasteiger partial charge is 0.542 e. The fourth-order valence-corrected chi connectivity index (χ4v) is 0.326. The van der Waals surface area contributed by atoms with Gasteiger partial charge < -0.3 is 19.8 Å². The molecule has 0 saturated heterocycles. The standard InChI is InChI=1S/C5H5F3O2.2C2HF3O2.Ni/c1-3(9)2-4(10)5(6,7)8;2*3-2(4,5)1(6)7;/h2H2,1H3;2*(H,6,7);/q;;;+2/p-2. The van der Waals surface area contributed by atoms with Crippen molar-refractivity contribution in [3.63, 3.8) is 0 Å². The van der Waals surface area contributed by atoms with Crippen LogP contribution in [0.25, 0.3) is 0 Å². The fourth-order valence-electron chi connectivity index (χ4n) is 0.326. The van der Waals surface area contributed by atoms with Crippen LogP contribution in [0.2, 0.25) is 0 Å². The van der Waals surface area contributed by atoms with E-state index in [-0.39, 0.29) is 16.5 Å². The minimum absolute atomic E-state index is 0. The van der Waals surface area contributed by atoms with Crippen molar-refractivity contribution in [2.75, 3.05) is 0 Å². The normalized spacial score (nSPS) is 10.8. The van der Waals surface area contributed by atoms with Gasteiger partial charge in [-0.05, 0) is 6.92 Å². The van der Waals surface area contributed by atoms with Gasteiger partial charge in [0.05, 0.1) is 6.42 Å². The van der Waals surface area contributed by atoms with Gasteiger partial charge >= 0.3 is 35.0 Å². The zero-order valence-corrected chi connectivity index (χ0v) is 12.4. The Morgan fingerprint density at radius 1 is 0.680 bits per heavy atom. The predicted octanol–water partition coefficient (Wildman–Crippen LogP) is -0.308. The van der Waals surface area contributed by atoms with Crippen LogP contribution in [0.4, 0.5) is 39.5 Å². The van der Waals surface area contributed by atoms with Crippen LogP contribution in [0.15, 0.2) is 0 Å². The summed E-state index contributed by atoms with van der Waals surface area (Å²) in [6, 6.07) is 0. The van der Waals surface area contributed by atoms with Gasteiger partial charge in [-0.1, -0.05) is 0 Å². The number of carboxylic acid groups (broad SMARTS) is 2. The van der Waals surface area contributed by atoms with Crippen molar-refractivity contribution < 1.29 is 85.4 Å². The van der Waals surface area contributed by atoms with Crippen molar-refractivity contribution in [3.05, 3.63) is 0 Å². The third kappa shape index (κ3) is 22.1. The van der Waals surface area contributed by atoms with Crippen molar-refractivity contribution in [2.24, 2.45) is 0 Å². The number of Topliss-reactive ketones (excluding diaryl/α,β-unsaturated/α-hetero) is 2. The second-order valence-corrected chi connectivity index (χ2v) is 3.37. The molecule has 0 amide bonds. The molecule has 0 aromatic rings. The number of alkyl halides is 9. The zero-order chi connectivity index (χ0) is 20.5. The summed E-state index contributed by atoms with van der Waals surface area (Å²) in [5, 5.41) is 17.6. The summed E-state index contributed by atoms with van der Waals surface area (Å²) < 4.78 is 97.0. The Hall–Kier alpha value is -1.86. The van der Waals surface area contributed by atoms with E-state index >= 15 is 0 Å². The van der Waals surface area contributed by atoms with Gasteiger partial charge in [0.25, 0.3) is 0 Å². The van der Waals surface area contributed by atoms with E-state index in [9.17, 15) is 49.1 Å². The molecule has 0 unspecified atom stereocenters. The van der Waals surface area contributed by atoms with E-state index in [1.165, 1.54) is 0 Å². The molecule has 0 aliphatic rings. The minimum atomic E-state index is -5.19.